The van der Waals surface area contributed by atoms with Gasteiger partial charge in [0.05, 0.1) is 11.9 Å². The first-order valence-electron chi connectivity index (χ1n) is 6.40. The van der Waals surface area contributed by atoms with Gasteiger partial charge in [-0.2, -0.15) is 0 Å². The standard InChI is InChI=1S/C15H17N3OS/c1-11(2)17-15(20)18-12-8-9-14(16-10-12)19-13-6-4-3-5-7-13/h3-11H,1-2H3,(H2,17,18,20). The van der Waals surface area contributed by atoms with Crippen LogP contribution in [0.5, 0.6) is 11.6 Å². The van der Waals surface area contributed by atoms with Crippen LogP contribution in [0.25, 0.3) is 0 Å². The van der Waals surface area contributed by atoms with Crippen LogP contribution in [0.3, 0.4) is 0 Å². The summed E-state index contributed by atoms with van der Waals surface area (Å²) in [4.78, 5) is 4.23. The summed E-state index contributed by atoms with van der Waals surface area (Å²) in [6, 6.07) is 13.5. The van der Waals surface area contributed by atoms with Crippen LogP contribution in [0.15, 0.2) is 48.7 Å². The van der Waals surface area contributed by atoms with Crippen LogP contribution in [0, 0.1) is 0 Å². The lowest BCUT2D eigenvalue weighted by atomic mass is 10.3. The van der Waals surface area contributed by atoms with Gasteiger partial charge < -0.3 is 15.4 Å². The molecule has 2 aromatic rings. The SMILES string of the molecule is CC(C)NC(=S)Nc1ccc(Oc2ccccc2)nc1. The molecule has 104 valence electrons. The maximum atomic E-state index is 5.62. The van der Waals surface area contributed by atoms with Gasteiger partial charge in [-0.05, 0) is 44.3 Å². The minimum atomic E-state index is 0.295. The third kappa shape index (κ3) is 4.51. The van der Waals surface area contributed by atoms with Crippen LogP contribution in [-0.2, 0) is 0 Å². The molecular formula is C15H17N3OS. The van der Waals surface area contributed by atoms with Gasteiger partial charge in [-0.15, -0.1) is 0 Å². The van der Waals surface area contributed by atoms with Gasteiger partial charge in [-0.3, -0.25) is 0 Å². The summed E-state index contributed by atoms with van der Waals surface area (Å²) in [5, 5.41) is 6.76. The second-order valence-corrected chi connectivity index (χ2v) is 4.96. The number of ether oxygens (including phenoxy) is 1. The van der Waals surface area contributed by atoms with E-state index in [0.29, 0.717) is 17.0 Å². The molecule has 0 amide bonds. The number of para-hydroxylation sites is 1. The molecule has 0 bridgehead atoms. The fraction of sp³-hybridized carbons (Fsp3) is 0.200. The lowest BCUT2D eigenvalue weighted by Gasteiger charge is -2.13. The Labute approximate surface area is 124 Å². The van der Waals surface area contributed by atoms with Crippen LogP contribution in [0.2, 0.25) is 0 Å². The summed E-state index contributed by atoms with van der Waals surface area (Å²) in [6.45, 7) is 4.06. The lowest BCUT2D eigenvalue weighted by molar-refractivity contribution is 0.463. The molecule has 0 radical (unpaired) electrons. The molecule has 1 aromatic heterocycles. The summed E-state index contributed by atoms with van der Waals surface area (Å²) in [5.41, 5.74) is 0.823. The first-order chi connectivity index (χ1) is 9.63. The van der Waals surface area contributed by atoms with E-state index >= 15 is 0 Å². The zero-order valence-corrected chi connectivity index (χ0v) is 12.3. The molecule has 0 aliphatic rings. The van der Waals surface area contributed by atoms with Crippen molar-refractivity contribution in [2.75, 3.05) is 5.32 Å². The van der Waals surface area contributed by atoms with Crippen molar-refractivity contribution in [2.45, 2.75) is 19.9 Å². The van der Waals surface area contributed by atoms with Gasteiger partial charge in [0, 0.05) is 12.1 Å². The molecule has 0 aliphatic carbocycles. The zero-order chi connectivity index (χ0) is 14.4. The highest BCUT2D eigenvalue weighted by Gasteiger charge is 2.01. The van der Waals surface area contributed by atoms with Gasteiger partial charge in [-0.25, -0.2) is 4.98 Å². The number of benzene rings is 1. The van der Waals surface area contributed by atoms with E-state index in [4.69, 9.17) is 17.0 Å². The molecule has 0 aliphatic heterocycles. The van der Waals surface area contributed by atoms with Crippen molar-refractivity contribution < 1.29 is 4.74 Å². The minimum absolute atomic E-state index is 0.295. The Morgan fingerprint density at radius 3 is 2.50 bits per heavy atom. The quantitative estimate of drug-likeness (QED) is 0.842. The number of rotatable bonds is 4. The molecule has 0 atom stereocenters. The van der Waals surface area contributed by atoms with E-state index in [-0.39, 0.29) is 0 Å². The number of nitrogens with one attached hydrogen (secondary N) is 2. The highest BCUT2D eigenvalue weighted by molar-refractivity contribution is 7.80. The van der Waals surface area contributed by atoms with Crippen LogP contribution in [-0.4, -0.2) is 16.1 Å². The molecule has 20 heavy (non-hydrogen) atoms. The summed E-state index contributed by atoms with van der Waals surface area (Å²) < 4.78 is 5.62. The van der Waals surface area contributed by atoms with E-state index in [1.165, 1.54) is 0 Å². The van der Waals surface area contributed by atoms with E-state index in [2.05, 4.69) is 15.6 Å². The molecule has 0 saturated carbocycles. The normalized spacial score (nSPS) is 10.2. The van der Waals surface area contributed by atoms with Gasteiger partial charge in [0.2, 0.25) is 5.88 Å². The van der Waals surface area contributed by atoms with Gasteiger partial charge >= 0.3 is 0 Å². The Hall–Kier alpha value is -2.14. The second kappa shape index (κ2) is 6.86. The van der Waals surface area contributed by atoms with Gasteiger partial charge in [0.1, 0.15) is 5.75 Å². The van der Waals surface area contributed by atoms with Crippen molar-refractivity contribution in [3.63, 3.8) is 0 Å². The molecule has 0 fully saturated rings. The van der Waals surface area contributed by atoms with Crippen molar-refractivity contribution in [1.82, 2.24) is 10.3 Å². The molecule has 0 saturated heterocycles. The van der Waals surface area contributed by atoms with E-state index in [1.807, 2.05) is 50.2 Å². The van der Waals surface area contributed by atoms with Crippen molar-refractivity contribution in [1.29, 1.82) is 0 Å². The molecular weight excluding hydrogens is 270 g/mol. The fourth-order valence-electron chi connectivity index (χ4n) is 1.55. The van der Waals surface area contributed by atoms with E-state index in [1.54, 1.807) is 12.3 Å². The van der Waals surface area contributed by atoms with Crippen molar-refractivity contribution in [3.05, 3.63) is 48.7 Å². The number of thiocarbonyl (C=S) groups is 1. The molecule has 1 heterocycles. The second-order valence-electron chi connectivity index (χ2n) is 4.55. The maximum Gasteiger partial charge on any atom is 0.219 e. The molecule has 0 unspecified atom stereocenters. The molecule has 5 heteroatoms. The number of hydrogen-bond donors (Lipinski definition) is 2. The predicted molar refractivity (Wildman–Crippen MR) is 85.2 cm³/mol. The molecule has 2 N–H and O–H groups in total. The van der Waals surface area contributed by atoms with Crippen molar-refractivity contribution in [2.24, 2.45) is 0 Å². The molecule has 2 rings (SSSR count). The van der Waals surface area contributed by atoms with Gasteiger partial charge in [0.25, 0.3) is 0 Å². The van der Waals surface area contributed by atoms with E-state index < -0.39 is 0 Å². The highest BCUT2D eigenvalue weighted by atomic mass is 32.1. The molecule has 0 spiro atoms. The van der Waals surface area contributed by atoms with Gasteiger partial charge in [-0.1, -0.05) is 18.2 Å². The lowest BCUT2D eigenvalue weighted by Crippen LogP contribution is -2.33. The minimum Gasteiger partial charge on any atom is -0.439 e. The van der Waals surface area contributed by atoms with Gasteiger partial charge in [0.15, 0.2) is 5.11 Å². The first-order valence-corrected chi connectivity index (χ1v) is 6.81. The number of nitrogens with zero attached hydrogens (tertiary/aromatic N) is 1. The maximum absolute atomic E-state index is 5.62. The monoisotopic (exact) mass is 287 g/mol. The Balaban J connectivity index is 1.94. The van der Waals surface area contributed by atoms with Crippen molar-refractivity contribution in [3.8, 4) is 11.6 Å². The summed E-state index contributed by atoms with van der Waals surface area (Å²) in [7, 11) is 0. The summed E-state index contributed by atoms with van der Waals surface area (Å²) in [6.07, 6.45) is 1.69. The summed E-state index contributed by atoms with van der Waals surface area (Å²) in [5.74, 6) is 1.31. The van der Waals surface area contributed by atoms with E-state index in [0.717, 1.165) is 11.4 Å². The topological polar surface area (TPSA) is 46.2 Å². The van der Waals surface area contributed by atoms with Crippen LogP contribution < -0.4 is 15.4 Å². The third-order valence-corrected chi connectivity index (χ3v) is 2.60. The number of aromatic nitrogens is 1. The number of anilines is 1. The average molecular weight is 287 g/mol. The van der Waals surface area contributed by atoms with Crippen LogP contribution in [0.1, 0.15) is 13.8 Å². The smallest absolute Gasteiger partial charge is 0.219 e. The number of hydrogen-bond acceptors (Lipinski definition) is 3. The van der Waals surface area contributed by atoms with Crippen LogP contribution in [0.4, 0.5) is 5.69 Å². The van der Waals surface area contributed by atoms with E-state index in [9.17, 15) is 0 Å². The summed E-state index contributed by atoms with van der Waals surface area (Å²) >= 11 is 5.17. The first kappa shape index (κ1) is 14.3. The van der Waals surface area contributed by atoms with Crippen LogP contribution >= 0.6 is 12.2 Å². The van der Waals surface area contributed by atoms with Crippen molar-refractivity contribution >= 4 is 23.0 Å². The predicted octanol–water partition coefficient (Wildman–Crippen LogP) is 3.57. The Bertz CT molecular complexity index is 555. The highest BCUT2D eigenvalue weighted by Crippen LogP contribution is 2.19. The Morgan fingerprint density at radius 2 is 1.90 bits per heavy atom. The molecule has 4 nitrogen and oxygen atoms in total. The zero-order valence-electron chi connectivity index (χ0n) is 11.5. The largest absolute Gasteiger partial charge is 0.439 e. The Kier molecular flexibility index (Phi) is 4.90. The number of pyridine rings is 1. The third-order valence-electron chi connectivity index (χ3n) is 2.38. The molecule has 1 aromatic carbocycles. The Morgan fingerprint density at radius 1 is 1.15 bits per heavy atom. The average Bonchev–Trinajstić information content (AvgIpc) is 2.41. The fourth-order valence-corrected chi connectivity index (χ4v) is 1.91.